The summed E-state index contributed by atoms with van der Waals surface area (Å²) in [6, 6.07) is 24.4. The lowest BCUT2D eigenvalue weighted by Gasteiger charge is -2.08. The predicted molar refractivity (Wildman–Crippen MR) is 104 cm³/mol. The molecule has 26 heavy (non-hydrogen) atoms. The third kappa shape index (κ3) is 3.15. The van der Waals surface area contributed by atoms with Crippen LogP contribution in [0.1, 0.15) is 15.9 Å². The Balaban J connectivity index is 1.85. The first-order valence-corrected chi connectivity index (χ1v) is 8.48. The van der Waals surface area contributed by atoms with Crippen molar-refractivity contribution in [3.05, 3.63) is 95.0 Å². The first kappa shape index (κ1) is 16.2. The van der Waals surface area contributed by atoms with Gasteiger partial charge < -0.3 is 0 Å². The standard InChI is InChI=1S/C21H14ClN3O/c22-17-11-12-20-19(14-17)23-24-25(20)21(26)18(16-9-5-2-6-10-16)13-15-7-3-1-4-8-15/h1-14H/b18-13+. The van der Waals surface area contributed by atoms with Gasteiger partial charge in [-0.1, -0.05) is 77.5 Å². The van der Waals surface area contributed by atoms with Gasteiger partial charge in [-0.05, 0) is 35.4 Å². The Morgan fingerprint density at radius 3 is 2.35 bits per heavy atom. The maximum atomic E-state index is 13.3. The zero-order valence-corrected chi connectivity index (χ0v) is 14.5. The van der Waals surface area contributed by atoms with Crippen molar-refractivity contribution >= 4 is 40.2 Å². The monoisotopic (exact) mass is 359 g/mol. The minimum Gasteiger partial charge on any atom is -0.267 e. The number of hydrogen-bond acceptors (Lipinski definition) is 3. The molecule has 0 radical (unpaired) electrons. The van der Waals surface area contributed by atoms with Crippen LogP contribution in [0, 0.1) is 0 Å². The second-order valence-corrected chi connectivity index (χ2v) is 6.21. The number of aromatic nitrogens is 3. The Bertz CT molecular complexity index is 1100. The second-order valence-electron chi connectivity index (χ2n) is 5.77. The molecule has 0 aliphatic heterocycles. The van der Waals surface area contributed by atoms with E-state index >= 15 is 0 Å². The first-order chi connectivity index (χ1) is 12.7. The SMILES string of the molecule is O=C(/C(=C/c1ccccc1)c1ccccc1)n1nnc2cc(Cl)ccc21. The van der Waals surface area contributed by atoms with E-state index in [1.807, 2.05) is 66.7 Å². The summed E-state index contributed by atoms with van der Waals surface area (Å²) in [6.07, 6.45) is 1.86. The maximum Gasteiger partial charge on any atom is 0.280 e. The van der Waals surface area contributed by atoms with Crippen LogP contribution in [0.4, 0.5) is 0 Å². The first-order valence-electron chi connectivity index (χ1n) is 8.10. The molecule has 126 valence electrons. The third-order valence-electron chi connectivity index (χ3n) is 4.03. The van der Waals surface area contributed by atoms with Crippen LogP contribution in [0.15, 0.2) is 78.9 Å². The van der Waals surface area contributed by atoms with Gasteiger partial charge >= 0.3 is 0 Å². The molecular formula is C21H14ClN3O. The molecule has 0 N–H and O–H groups in total. The highest BCUT2D eigenvalue weighted by Crippen LogP contribution is 2.23. The Kier molecular flexibility index (Phi) is 4.33. The predicted octanol–water partition coefficient (Wildman–Crippen LogP) is 4.97. The summed E-state index contributed by atoms with van der Waals surface area (Å²) in [7, 11) is 0. The molecule has 4 aromatic rings. The molecule has 0 saturated carbocycles. The maximum absolute atomic E-state index is 13.3. The van der Waals surface area contributed by atoms with Crippen LogP contribution in [-0.4, -0.2) is 20.9 Å². The average molecular weight is 360 g/mol. The fourth-order valence-corrected chi connectivity index (χ4v) is 2.93. The Morgan fingerprint density at radius 1 is 0.923 bits per heavy atom. The van der Waals surface area contributed by atoms with E-state index < -0.39 is 0 Å². The van der Waals surface area contributed by atoms with Gasteiger partial charge in [-0.3, -0.25) is 4.79 Å². The highest BCUT2D eigenvalue weighted by molar-refractivity contribution is 6.31. The Hall–Kier alpha value is -3.24. The van der Waals surface area contributed by atoms with Crippen LogP contribution in [0.5, 0.6) is 0 Å². The summed E-state index contributed by atoms with van der Waals surface area (Å²) in [5.41, 5.74) is 3.50. The Morgan fingerprint density at radius 2 is 1.62 bits per heavy atom. The molecule has 0 fully saturated rings. The van der Waals surface area contributed by atoms with Crippen molar-refractivity contribution in [2.45, 2.75) is 0 Å². The van der Waals surface area contributed by atoms with E-state index in [4.69, 9.17) is 11.6 Å². The average Bonchev–Trinajstić information content (AvgIpc) is 3.10. The molecule has 0 bridgehead atoms. The Labute approximate surface area is 155 Å². The fourth-order valence-electron chi connectivity index (χ4n) is 2.76. The highest BCUT2D eigenvalue weighted by atomic mass is 35.5. The van der Waals surface area contributed by atoms with Crippen molar-refractivity contribution in [2.24, 2.45) is 0 Å². The van der Waals surface area contributed by atoms with Crippen molar-refractivity contribution in [2.75, 3.05) is 0 Å². The van der Waals surface area contributed by atoms with Gasteiger partial charge in [0.05, 0.1) is 5.52 Å². The van der Waals surface area contributed by atoms with Crippen LogP contribution in [0.3, 0.4) is 0 Å². The molecular weight excluding hydrogens is 346 g/mol. The lowest BCUT2D eigenvalue weighted by molar-refractivity contribution is 0.0969. The van der Waals surface area contributed by atoms with Crippen LogP contribution < -0.4 is 0 Å². The summed E-state index contributed by atoms with van der Waals surface area (Å²) in [6.45, 7) is 0. The molecule has 4 nitrogen and oxygen atoms in total. The molecule has 1 heterocycles. The normalized spacial score (nSPS) is 11.7. The summed E-state index contributed by atoms with van der Waals surface area (Å²) in [5.74, 6) is -0.245. The van der Waals surface area contributed by atoms with Crippen molar-refractivity contribution in [1.29, 1.82) is 0 Å². The largest absolute Gasteiger partial charge is 0.280 e. The van der Waals surface area contributed by atoms with Gasteiger partial charge in [0.15, 0.2) is 0 Å². The minimum absolute atomic E-state index is 0.245. The number of nitrogens with zero attached hydrogens (tertiary/aromatic N) is 3. The number of hydrogen-bond donors (Lipinski definition) is 0. The number of halogens is 1. The molecule has 1 aromatic heterocycles. The molecule has 0 aliphatic carbocycles. The van der Waals surface area contributed by atoms with Crippen LogP contribution in [-0.2, 0) is 0 Å². The van der Waals surface area contributed by atoms with E-state index in [1.54, 1.807) is 18.2 Å². The number of benzene rings is 3. The van der Waals surface area contributed by atoms with E-state index in [1.165, 1.54) is 4.68 Å². The lowest BCUT2D eigenvalue weighted by Crippen LogP contribution is -2.14. The van der Waals surface area contributed by atoms with E-state index in [-0.39, 0.29) is 5.91 Å². The van der Waals surface area contributed by atoms with Gasteiger partial charge in [-0.25, -0.2) is 0 Å². The van der Waals surface area contributed by atoms with Gasteiger partial charge in [0.1, 0.15) is 5.52 Å². The molecule has 0 spiro atoms. The van der Waals surface area contributed by atoms with Crippen molar-refractivity contribution in [3.63, 3.8) is 0 Å². The molecule has 0 unspecified atom stereocenters. The molecule has 4 rings (SSSR count). The molecule has 0 amide bonds. The number of carbonyl (C=O) groups excluding carboxylic acids is 1. The molecule has 0 aliphatic rings. The van der Waals surface area contributed by atoms with Gasteiger partial charge in [-0.15, -0.1) is 5.10 Å². The summed E-state index contributed by atoms with van der Waals surface area (Å²) >= 11 is 6.00. The number of carbonyl (C=O) groups is 1. The van der Waals surface area contributed by atoms with Crippen LogP contribution >= 0.6 is 11.6 Å². The van der Waals surface area contributed by atoms with Crippen LogP contribution in [0.25, 0.3) is 22.7 Å². The minimum atomic E-state index is -0.245. The molecule has 0 atom stereocenters. The van der Waals surface area contributed by atoms with E-state index in [9.17, 15) is 4.79 Å². The number of allylic oxidation sites excluding steroid dienone is 1. The summed E-state index contributed by atoms with van der Waals surface area (Å²) < 4.78 is 1.31. The van der Waals surface area contributed by atoms with Crippen LogP contribution in [0.2, 0.25) is 5.02 Å². The smallest absolute Gasteiger partial charge is 0.267 e. The number of fused-ring (bicyclic) bond motifs is 1. The molecule has 0 saturated heterocycles. The molecule has 5 heteroatoms. The summed E-state index contributed by atoms with van der Waals surface area (Å²) in [5, 5.41) is 8.66. The van der Waals surface area contributed by atoms with E-state index in [0.717, 1.165) is 11.1 Å². The topological polar surface area (TPSA) is 47.8 Å². The highest BCUT2D eigenvalue weighted by Gasteiger charge is 2.18. The number of rotatable bonds is 3. The van der Waals surface area contributed by atoms with Crippen molar-refractivity contribution in [1.82, 2.24) is 15.0 Å². The van der Waals surface area contributed by atoms with Gasteiger partial charge in [0.2, 0.25) is 0 Å². The van der Waals surface area contributed by atoms with Crippen molar-refractivity contribution < 1.29 is 4.79 Å². The van der Waals surface area contributed by atoms with E-state index in [0.29, 0.717) is 21.6 Å². The quantitative estimate of drug-likeness (QED) is 0.383. The second kappa shape index (κ2) is 6.94. The van der Waals surface area contributed by atoms with Gasteiger partial charge in [0, 0.05) is 10.6 Å². The van der Waals surface area contributed by atoms with Crippen molar-refractivity contribution in [3.8, 4) is 0 Å². The molecule has 3 aromatic carbocycles. The zero-order valence-electron chi connectivity index (χ0n) is 13.7. The lowest BCUT2D eigenvalue weighted by atomic mass is 10.0. The van der Waals surface area contributed by atoms with Gasteiger partial charge in [-0.2, -0.15) is 4.68 Å². The third-order valence-corrected chi connectivity index (χ3v) is 4.26. The van der Waals surface area contributed by atoms with E-state index in [2.05, 4.69) is 10.3 Å². The zero-order chi connectivity index (χ0) is 17.9. The van der Waals surface area contributed by atoms with Gasteiger partial charge in [0.25, 0.3) is 5.91 Å². The fraction of sp³-hybridized carbons (Fsp3) is 0. The summed E-state index contributed by atoms with van der Waals surface area (Å²) in [4.78, 5) is 13.3.